The number of aryl methyl sites for hydroxylation is 1. The van der Waals surface area contributed by atoms with Crippen LogP contribution in [0, 0.1) is 0 Å². The van der Waals surface area contributed by atoms with Crippen LogP contribution >= 0.6 is 11.6 Å². The Morgan fingerprint density at radius 3 is 2.47 bits per heavy atom. The second-order valence-corrected chi connectivity index (χ2v) is 7.76. The van der Waals surface area contributed by atoms with E-state index in [9.17, 15) is 9.59 Å². The van der Waals surface area contributed by atoms with Crippen LogP contribution in [0.15, 0.2) is 42.5 Å². The van der Waals surface area contributed by atoms with Gasteiger partial charge in [0.25, 0.3) is 5.91 Å². The molecule has 1 aliphatic heterocycles. The van der Waals surface area contributed by atoms with Gasteiger partial charge in [-0.3, -0.25) is 9.59 Å². The molecule has 1 aliphatic rings. The molecule has 7 heteroatoms. The first-order chi connectivity index (χ1) is 14.5. The Kier molecular flexibility index (Phi) is 7.57. The topological polar surface area (TPSA) is 67.9 Å². The van der Waals surface area contributed by atoms with Crippen LogP contribution in [0.3, 0.4) is 0 Å². The first-order valence-electron chi connectivity index (χ1n) is 10.0. The summed E-state index contributed by atoms with van der Waals surface area (Å²) in [5, 5.41) is 3.75. The van der Waals surface area contributed by atoms with Crippen molar-refractivity contribution < 1.29 is 19.1 Å². The third-order valence-corrected chi connectivity index (χ3v) is 5.58. The minimum atomic E-state index is -0.151. The number of amides is 2. The maximum atomic E-state index is 12.6. The van der Waals surface area contributed by atoms with Crippen molar-refractivity contribution in [3.8, 4) is 11.5 Å². The number of nitrogens with zero attached hydrogens (tertiary/aromatic N) is 1. The van der Waals surface area contributed by atoms with Crippen molar-refractivity contribution in [2.24, 2.45) is 0 Å². The number of rotatable bonds is 7. The molecule has 0 bridgehead atoms. The number of halogens is 1. The molecule has 1 saturated heterocycles. The van der Waals surface area contributed by atoms with Crippen LogP contribution in [0.1, 0.15) is 35.2 Å². The fraction of sp³-hybridized carbons (Fsp3) is 0.391. The number of carbonyl (C=O) groups excluding carboxylic acids is 2. The predicted molar refractivity (Wildman–Crippen MR) is 116 cm³/mol. The zero-order valence-electron chi connectivity index (χ0n) is 17.3. The average molecular weight is 431 g/mol. The Hall–Kier alpha value is -2.73. The quantitative estimate of drug-likeness (QED) is 0.727. The van der Waals surface area contributed by atoms with E-state index in [4.69, 9.17) is 21.1 Å². The van der Waals surface area contributed by atoms with Gasteiger partial charge in [-0.25, -0.2) is 0 Å². The van der Waals surface area contributed by atoms with E-state index in [1.807, 2.05) is 29.2 Å². The number of carbonyl (C=O) groups is 2. The van der Waals surface area contributed by atoms with Gasteiger partial charge in [0.05, 0.1) is 14.2 Å². The Morgan fingerprint density at radius 1 is 1.07 bits per heavy atom. The minimum Gasteiger partial charge on any atom is -0.493 e. The van der Waals surface area contributed by atoms with Gasteiger partial charge in [0.15, 0.2) is 11.5 Å². The van der Waals surface area contributed by atoms with Crippen LogP contribution in [-0.2, 0) is 11.2 Å². The van der Waals surface area contributed by atoms with Gasteiger partial charge in [0.2, 0.25) is 5.91 Å². The third kappa shape index (κ3) is 5.66. The number of nitrogens with one attached hydrogen (secondary N) is 1. The Labute approximate surface area is 182 Å². The molecule has 0 aromatic heterocycles. The smallest absolute Gasteiger partial charge is 0.251 e. The zero-order chi connectivity index (χ0) is 21.5. The molecule has 160 valence electrons. The standard InChI is InChI=1S/C23H27ClN2O4/c1-29-20-8-7-17(15-21(20)30-2)23(28)25-19-10-12-26(13-11-19)22(27)9-6-16-4-3-5-18(24)14-16/h3-5,7-8,14-15,19H,6,9-13H2,1-2H3,(H,25,28). The van der Waals surface area contributed by atoms with Gasteiger partial charge in [-0.2, -0.15) is 0 Å². The second-order valence-electron chi connectivity index (χ2n) is 7.33. The van der Waals surface area contributed by atoms with E-state index < -0.39 is 0 Å². The zero-order valence-corrected chi connectivity index (χ0v) is 18.1. The Bertz CT molecular complexity index is 895. The van der Waals surface area contributed by atoms with Crippen molar-refractivity contribution in [2.45, 2.75) is 31.7 Å². The van der Waals surface area contributed by atoms with Crippen molar-refractivity contribution in [2.75, 3.05) is 27.3 Å². The molecule has 1 heterocycles. The SMILES string of the molecule is COc1ccc(C(=O)NC2CCN(C(=O)CCc3cccc(Cl)c3)CC2)cc1OC. The maximum Gasteiger partial charge on any atom is 0.251 e. The molecular weight excluding hydrogens is 404 g/mol. The molecule has 2 aromatic rings. The monoisotopic (exact) mass is 430 g/mol. The van der Waals surface area contributed by atoms with Crippen LogP contribution in [-0.4, -0.2) is 50.1 Å². The minimum absolute atomic E-state index is 0.0441. The van der Waals surface area contributed by atoms with E-state index in [1.54, 1.807) is 32.4 Å². The summed E-state index contributed by atoms with van der Waals surface area (Å²) in [6.07, 6.45) is 2.61. The lowest BCUT2D eigenvalue weighted by Crippen LogP contribution is -2.46. The van der Waals surface area contributed by atoms with Gasteiger partial charge in [0.1, 0.15) is 0 Å². The number of hydrogen-bond donors (Lipinski definition) is 1. The molecule has 3 rings (SSSR count). The lowest BCUT2D eigenvalue weighted by atomic mass is 10.0. The van der Waals surface area contributed by atoms with E-state index >= 15 is 0 Å². The van der Waals surface area contributed by atoms with Crippen LogP contribution in [0.2, 0.25) is 5.02 Å². The fourth-order valence-electron chi connectivity index (χ4n) is 3.62. The summed E-state index contributed by atoms with van der Waals surface area (Å²) >= 11 is 6.00. The summed E-state index contributed by atoms with van der Waals surface area (Å²) in [4.78, 5) is 27.0. The number of methoxy groups -OCH3 is 2. The van der Waals surface area contributed by atoms with E-state index in [2.05, 4.69) is 5.32 Å². The van der Waals surface area contributed by atoms with Crippen molar-refractivity contribution >= 4 is 23.4 Å². The summed E-state index contributed by atoms with van der Waals surface area (Å²) in [7, 11) is 3.10. The predicted octanol–water partition coefficient (Wildman–Crippen LogP) is 3.71. The maximum absolute atomic E-state index is 12.6. The molecule has 0 spiro atoms. The molecule has 2 aromatic carbocycles. The molecule has 0 unspecified atom stereocenters. The van der Waals surface area contributed by atoms with Gasteiger partial charge < -0.3 is 19.7 Å². The molecule has 0 atom stereocenters. The third-order valence-electron chi connectivity index (χ3n) is 5.35. The van der Waals surface area contributed by atoms with Crippen LogP contribution < -0.4 is 14.8 Å². The van der Waals surface area contributed by atoms with E-state index in [1.165, 1.54) is 0 Å². The highest BCUT2D eigenvalue weighted by Crippen LogP contribution is 2.27. The Balaban J connectivity index is 1.47. The fourth-order valence-corrected chi connectivity index (χ4v) is 3.83. The highest BCUT2D eigenvalue weighted by atomic mass is 35.5. The summed E-state index contributed by atoms with van der Waals surface area (Å²) in [5.74, 6) is 1.09. The van der Waals surface area contributed by atoms with Crippen LogP contribution in [0.5, 0.6) is 11.5 Å². The molecule has 1 N–H and O–H groups in total. The van der Waals surface area contributed by atoms with Gasteiger partial charge in [-0.05, 0) is 55.2 Å². The lowest BCUT2D eigenvalue weighted by Gasteiger charge is -2.32. The van der Waals surface area contributed by atoms with E-state index in [0.717, 1.165) is 18.4 Å². The summed E-state index contributed by atoms with van der Waals surface area (Å²) in [5.41, 5.74) is 1.58. The molecule has 0 radical (unpaired) electrons. The van der Waals surface area contributed by atoms with Crippen molar-refractivity contribution in [3.63, 3.8) is 0 Å². The molecular formula is C23H27ClN2O4. The molecule has 0 saturated carbocycles. The van der Waals surface area contributed by atoms with Crippen molar-refractivity contribution in [1.29, 1.82) is 0 Å². The van der Waals surface area contributed by atoms with Crippen molar-refractivity contribution in [1.82, 2.24) is 10.2 Å². The highest BCUT2D eigenvalue weighted by Gasteiger charge is 2.24. The number of hydrogen-bond acceptors (Lipinski definition) is 4. The largest absolute Gasteiger partial charge is 0.493 e. The second kappa shape index (κ2) is 10.3. The van der Waals surface area contributed by atoms with Crippen molar-refractivity contribution in [3.05, 3.63) is 58.6 Å². The van der Waals surface area contributed by atoms with Gasteiger partial charge in [-0.15, -0.1) is 0 Å². The molecule has 6 nitrogen and oxygen atoms in total. The number of likely N-dealkylation sites (tertiary alicyclic amines) is 1. The lowest BCUT2D eigenvalue weighted by molar-refractivity contribution is -0.132. The first-order valence-corrected chi connectivity index (χ1v) is 10.4. The summed E-state index contributed by atoms with van der Waals surface area (Å²) < 4.78 is 10.5. The number of piperidine rings is 1. The molecule has 0 aliphatic carbocycles. The van der Waals surface area contributed by atoms with Gasteiger partial charge >= 0.3 is 0 Å². The summed E-state index contributed by atoms with van der Waals surface area (Å²) in [6.45, 7) is 1.29. The van der Waals surface area contributed by atoms with E-state index in [0.29, 0.717) is 48.0 Å². The average Bonchev–Trinajstić information content (AvgIpc) is 2.77. The molecule has 2 amide bonds. The highest BCUT2D eigenvalue weighted by molar-refractivity contribution is 6.30. The normalized spacial score (nSPS) is 14.3. The first kappa shape index (κ1) is 22.0. The summed E-state index contributed by atoms with van der Waals surface area (Å²) in [6, 6.07) is 12.7. The number of ether oxygens (including phenoxy) is 2. The molecule has 30 heavy (non-hydrogen) atoms. The van der Waals surface area contributed by atoms with Gasteiger partial charge in [0, 0.05) is 36.1 Å². The van der Waals surface area contributed by atoms with E-state index in [-0.39, 0.29) is 17.9 Å². The molecule has 1 fully saturated rings. The van der Waals surface area contributed by atoms with Crippen LogP contribution in [0.4, 0.5) is 0 Å². The Morgan fingerprint density at radius 2 is 1.80 bits per heavy atom. The van der Waals surface area contributed by atoms with Gasteiger partial charge in [-0.1, -0.05) is 23.7 Å². The number of benzene rings is 2. The van der Waals surface area contributed by atoms with Crippen LogP contribution in [0.25, 0.3) is 0 Å².